The van der Waals surface area contributed by atoms with Gasteiger partial charge in [-0.25, -0.2) is 0 Å². The molecule has 1 fully saturated rings. The first-order chi connectivity index (χ1) is 8.11. The minimum absolute atomic E-state index is 0.0863. The van der Waals surface area contributed by atoms with Gasteiger partial charge in [0.05, 0.1) is 0 Å². The average molecular weight is 297 g/mol. The summed E-state index contributed by atoms with van der Waals surface area (Å²) in [5, 5.41) is 0. The SMILES string of the molecule is CCC1CCN(c2ccc(Br)cc2C(C)N)C1. The Morgan fingerprint density at radius 2 is 2.29 bits per heavy atom. The van der Waals surface area contributed by atoms with Gasteiger partial charge >= 0.3 is 0 Å². The van der Waals surface area contributed by atoms with Crippen LogP contribution in [-0.2, 0) is 0 Å². The zero-order chi connectivity index (χ0) is 12.4. The molecule has 1 heterocycles. The van der Waals surface area contributed by atoms with Crippen molar-refractivity contribution in [2.45, 2.75) is 32.7 Å². The van der Waals surface area contributed by atoms with Crippen LogP contribution in [0.3, 0.4) is 0 Å². The van der Waals surface area contributed by atoms with Gasteiger partial charge in [0.1, 0.15) is 0 Å². The lowest BCUT2D eigenvalue weighted by Crippen LogP contribution is -2.22. The van der Waals surface area contributed by atoms with Crippen molar-refractivity contribution >= 4 is 21.6 Å². The van der Waals surface area contributed by atoms with Crippen molar-refractivity contribution in [3.8, 4) is 0 Å². The summed E-state index contributed by atoms with van der Waals surface area (Å²) < 4.78 is 1.11. The Morgan fingerprint density at radius 3 is 2.88 bits per heavy atom. The molecule has 17 heavy (non-hydrogen) atoms. The molecule has 0 bridgehead atoms. The Balaban J connectivity index is 2.26. The van der Waals surface area contributed by atoms with E-state index < -0.39 is 0 Å². The fraction of sp³-hybridized carbons (Fsp3) is 0.571. The van der Waals surface area contributed by atoms with Crippen LogP contribution in [0.4, 0.5) is 5.69 Å². The molecule has 1 aromatic carbocycles. The van der Waals surface area contributed by atoms with Crippen LogP contribution in [0.2, 0.25) is 0 Å². The first-order valence-electron chi connectivity index (χ1n) is 6.41. The molecule has 0 spiro atoms. The van der Waals surface area contributed by atoms with Gasteiger partial charge in [-0.05, 0) is 43.0 Å². The lowest BCUT2D eigenvalue weighted by Gasteiger charge is -2.24. The number of nitrogens with zero attached hydrogens (tertiary/aromatic N) is 1. The van der Waals surface area contributed by atoms with Crippen LogP contribution in [0.5, 0.6) is 0 Å². The van der Waals surface area contributed by atoms with E-state index in [1.807, 2.05) is 0 Å². The van der Waals surface area contributed by atoms with Crippen molar-refractivity contribution in [1.82, 2.24) is 0 Å². The van der Waals surface area contributed by atoms with Gasteiger partial charge in [0.2, 0.25) is 0 Å². The van der Waals surface area contributed by atoms with Crippen molar-refractivity contribution in [2.75, 3.05) is 18.0 Å². The van der Waals surface area contributed by atoms with Crippen LogP contribution < -0.4 is 10.6 Å². The zero-order valence-electron chi connectivity index (χ0n) is 10.6. The lowest BCUT2D eigenvalue weighted by atomic mass is 10.1. The largest absolute Gasteiger partial charge is 0.371 e. The van der Waals surface area contributed by atoms with E-state index in [0.29, 0.717) is 0 Å². The number of hydrogen-bond acceptors (Lipinski definition) is 2. The molecule has 0 aliphatic carbocycles. The van der Waals surface area contributed by atoms with E-state index in [-0.39, 0.29) is 6.04 Å². The minimum Gasteiger partial charge on any atom is -0.371 e. The summed E-state index contributed by atoms with van der Waals surface area (Å²) in [6.07, 6.45) is 2.59. The Hall–Kier alpha value is -0.540. The Morgan fingerprint density at radius 1 is 1.53 bits per heavy atom. The third-order valence-electron chi connectivity index (χ3n) is 3.68. The van der Waals surface area contributed by atoms with Crippen LogP contribution in [0.1, 0.15) is 38.3 Å². The fourth-order valence-corrected chi connectivity index (χ4v) is 2.94. The summed E-state index contributed by atoms with van der Waals surface area (Å²) in [5.41, 5.74) is 8.64. The van der Waals surface area contributed by atoms with Crippen LogP contribution in [0, 0.1) is 5.92 Å². The number of hydrogen-bond donors (Lipinski definition) is 1. The van der Waals surface area contributed by atoms with Gasteiger partial charge in [-0.2, -0.15) is 0 Å². The summed E-state index contributed by atoms with van der Waals surface area (Å²) in [7, 11) is 0. The Kier molecular flexibility index (Phi) is 4.10. The maximum Gasteiger partial charge on any atom is 0.0415 e. The third kappa shape index (κ3) is 2.83. The molecular formula is C14H21BrN2. The highest BCUT2D eigenvalue weighted by Gasteiger charge is 2.23. The molecule has 1 aliphatic rings. The van der Waals surface area contributed by atoms with Gasteiger partial charge in [-0.3, -0.25) is 0 Å². The van der Waals surface area contributed by atoms with Crippen LogP contribution in [0.15, 0.2) is 22.7 Å². The van der Waals surface area contributed by atoms with Gasteiger partial charge in [-0.1, -0.05) is 29.3 Å². The van der Waals surface area contributed by atoms with E-state index in [1.54, 1.807) is 0 Å². The molecule has 0 saturated carbocycles. The second kappa shape index (κ2) is 5.40. The monoisotopic (exact) mass is 296 g/mol. The Labute approximate surface area is 112 Å². The predicted octanol–water partition coefficient (Wildman–Crippen LogP) is 3.71. The number of anilines is 1. The van der Waals surface area contributed by atoms with Crippen molar-refractivity contribution < 1.29 is 0 Å². The van der Waals surface area contributed by atoms with E-state index in [0.717, 1.165) is 10.4 Å². The standard InChI is InChI=1S/C14H21BrN2/c1-3-11-6-7-17(9-11)14-5-4-12(15)8-13(14)10(2)16/h4-5,8,10-11H,3,6-7,9,16H2,1-2H3. The van der Waals surface area contributed by atoms with Crippen molar-refractivity contribution in [2.24, 2.45) is 11.7 Å². The first kappa shape index (κ1) is 12.9. The topological polar surface area (TPSA) is 29.3 Å². The number of halogens is 1. The van der Waals surface area contributed by atoms with Crippen molar-refractivity contribution in [1.29, 1.82) is 0 Å². The van der Waals surface area contributed by atoms with Gasteiger partial charge in [0, 0.05) is 29.3 Å². The van der Waals surface area contributed by atoms with E-state index in [9.17, 15) is 0 Å². The fourth-order valence-electron chi connectivity index (χ4n) is 2.56. The summed E-state index contributed by atoms with van der Waals surface area (Å²) >= 11 is 3.52. The molecule has 0 radical (unpaired) electrons. The third-order valence-corrected chi connectivity index (χ3v) is 4.18. The molecule has 1 aromatic rings. The van der Waals surface area contributed by atoms with Gasteiger partial charge in [0.25, 0.3) is 0 Å². The van der Waals surface area contributed by atoms with Gasteiger partial charge in [-0.15, -0.1) is 0 Å². The van der Waals surface area contributed by atoms with Crippen molar-refractivity contribution in [3.63, 3.8) is 0 Å². The first-order valence-corrected chi connectivity index (χ1v) is 7.21. The molecule has 3 heteroatoms. The molecule has 1 saturated heterocycles. The van der Waals surface area contributed by atoms with E-state index >= 15 is 0 Å². The smallest absolute Gasteiger partial charge is 0.0415 e. The molecule has 2 N–H and O–H groups in total. The molecule has 2 unspecified atom stereocenters. The maximum atomic E-state index is 6.07. The molecule has 2 atom stereocenters. The highest BCUT2D eigenvalue weighted by molar-refractivity contribution is 9.10. The summed E-state index contributed by atoms with van der Waals surface area (Å²) in [6, 6.07) is 6.55. The quantitative estimate of drug-likeness (QED) is 0.921. The van der Waals surface area contributed by atoms with E-state index in [2.05, 4.69) is 52.9 Å². The number of nitrogens with two attached hydrogens (primary N) is 1. The summed E-state index contributed by atoms with van der Waals surface area (Å²) in [4.78, 5) is 2.49. The zero-order valence-corrected chi connectivity index (χ0v) is 12.2. The molecule has 1 aliphatic heterocycles. The van der Waals surface area contributed by atoms with Crippen LogP contribution >= 0.6 is 15.9 Å². The second-order valence-corrected chi connectivity index (χ2v) is 5.92. The minimum atomic E-state index is 0.0863. The second-order valence-electron chi connectivity index (χ2n) is 5.00. The van der Waals surface area contributed by atoms with E-state index in [4.69, 9.17) is 5.73 Å². The van der Waals surface area contributed by atoms with E-state index in [1.165, 1.54) is 37.2 Å². The maximum absolute atomic E-state index is 6.07. The molecular weight excluding hydrogens is 276 g/mol. The Bertz CT molecular complexity index is 390. The van der Waals surface area contributed by atoms with Gasteiger partial charge < -0.3 is 10.6 Å². The molecule has 94 valence electrons. The summed E-state index contributed by atoms with van der Waals surface area (Å²) in [6.45, 7) is 6.68. The highest BCUT2D eigenvalue weighted by Crippen LogP contribution is 2.32. The van der Waals surface area contributed by atoms with Crippen LogP contribution in [0.25, 0.3) is 0 Å². The summed E-state index contributed by atoms with van der Waals surface area (Å²) in [5.74, 6) is 0.847. The molecule has 2 nitrogen and oxygen atoms in total. The molecule has 2 rings (SSSR count). The van der Waals surface area contributed by atoms with Crippen molar-refractivity contribution in [3.05, 3.63) is 28.2 Å². The predicted molar refractivity (Wildman–Crippen MR) is 77.4 cm³/mol. The lowest BCUT2D eigenvalue weighted by molar-refractivity contribution is 0.569. The number of benzene rings is 1. The van der Waals surface area contributed by atoms with Crippen LogP contribution in [-0.4, -0.2) is 13.1 Å². The molecule has 0 amide bonds. The average Bonchev–Trinajstić information content (AvgIpc) is 2.77. The normalized spacial score (nSPS) is 21.9. The molecule has 0 aromatic heterocycles. The highest BCUT2D eigenvalue weighted by atomic mass is 79.9. The van der Waals surface area contributed by atoms with Gasteiger partial charge in [0.15, 0.2) is 0 Å². The number of rotatable bonds is 3.